The molecule has 2 rings (SSSR count). The van der Waals surface area contributed by atoms with Gasteiger partial charge in [0.2, 0.25) is 0 Å². The Morgan fingerprint density at radius 3 is 2.73 bits per heavy atom. The van der Waals surface area contributed by atoms with Crippen LogP contribution in [-0.2, 0) is 6.61 Å². The SMILES string of the molecule is CC(C)c1ccc2cncc(CO)c2c1. The van der Waals surface area contributed by atoms with Gasteiger partial charge in [-0.25, -0.2) is 0 Å². The van der Waals surface area contributed by atoms with Gasteiger partial charge in [0.1, 0.15) is 0 Å². The van der Waals surface area contributed by atoms with E-state index >= 15 is 0 Å². The number of nitrogens with zero attached hydrogens (tertiary/aromatic N) is 1. The number of benzene rings is 1. The first-order valence-electron chi connectivity index (χ1n) is 5.19. The quantitative estimate of drug-likeness (QED) is 0.810. The molecule has 15 heavy (non-hydrogen) atoms. The number of hydrogen-bond donors (Lipinski definition) is 1. The average Bonchev–Trinajstić information content (AvgIpc) is 2.27. The molecule has 2 heteroatoms. The van der Waals surface area contributed by atoms with Crippen molar-refractivity contribution in [1.29, 1.82) is 0 Å². The molecule has 0 aliphatic rings. The molecule has 0 saturated heterocycles. The standard InChI is InChI=1S/C13H15NO/c1-9(2)10-3-4-11-6-14-7-12(8-15)13(11)5-10/h3-7,9,15H,8H2,1-2H3. The van der Waals surface area contributed by atoms with Gasteiger partial charge >= 0.3 is 0 Å². The number of rotatable bonds is 2. The third-order valence-electron chi connectivity index (χ3n) is 2.70. The van der Waals surface area contributed by atoms with E-state index in [-0.39, 0.29) is 6.61 Å². The van der Waals surface area contributed by atoms with Crippen molar-refractivity contribution in [2.75, 3.05) is 0 Å². The molecule has 2 nitrogen and oxygen atoms in total. The maximum atomic E-state index is 9.23. The molecule has 0 spiro atoms. The minimum Gasteiger partial charge on any atom is -0.392 e. The maximum absolute atomic E-state index is 9.23. The fourth-order valence-corrected chi connectivity index (χ4v) is 1.73. The highest BCUT2D eigenvalue weighted by Gasteiger charge is 2.04. The maximum Gasteiger partial charge on any atom is 0.0702 e. The van der Waals surface area contributed by atoms with E-state index in [1.165, 1.54) is 5.56 Å². The number of hydrogen-bond acceptors (Lipinski definition) is 2. The summed E-state index contributed by atoms with van der Waals surface area (Å²) < 4.78 is 0. The smallest absolute Gasteiger partial charge is 0.0702 e. The van der Waals surface area contributed by atoms with Gasteiger partial charge in [0.05, 0.1) is 6.61 Å². The molecule has 0 fully saturated rings. The van der Waals surface area contributed by atoms with Crippen LogP contribution in [0.1, 0.15) is 30.9 Å². The Morgan fingerprint density at radius 2 is 2.07 bits per heavy atom. The molecule has 1 N–H and O–H groups in total. The highest BCUT2D eigenvalue weighted by Crippen LogP contribution is 2.23. The minimum absolute atomic E-state index is 0.0475. The number of aliphatic hydroxyl groups excluding tert-OH is 1. The summed E-state index contributed by atoms with van der Waals surface area (Å²) >= 11 is 0. The molecule has 0 amide bonds. The zero-order valence-electron chi connectivity index (χ0n) is 9.07. The Balaban J connectivity index is 2.67. The van der Waals surface area contributed by atoms with Gasteiger partial charge in [0.15, 0.2) is 0 Å². The summed E-state index contributed by atoms with van der Waals surface area (Å²) in [6.07, 6.45) is 3.56. The van der Waals surface area contributed by atoms with Crippen LogP contribution in [0, 0.1) is 0 Å². The molecular weight excluding hydrogens is 186 g/mol. The molecule has 0 bridgehead atoms. The fourth-order valence-electron chi connectivity index (χ4n) is 1.73. The summed E-state index contributed by atoms with van der Waals surface area (Å²) in [6.45, 7) is 4.38. The highest BCUT2D eigenvalue weighted by atomic mass is 16.3. The first kappa shape index (κ1) is 10.1. The van der Waals surface area contributed by atoms with Crippen LogP contribution in [0.5, 0.6) is 0 Å². The molecule has 1 aromatic heterocycles. The van der Waals surface area contributed by atoms with Gasteiger partial charge in [-0.05, 0) is 16.9 Å². The Labute approximate surface area is 89.6 Å². The molecule has 0 radical (unpaired) electrons. The van der Waals surface area contributed by atoms with Gasteiger partial charge in [-0.3, -0.25) is 4.98 Å². The van der Waals surface area contributed by atoms with Gasteiger partial charge in [-0.2, -0.15) is 0 Å². The van der Waals surface area contributed by atoms with E-state index in [1.807, 2.05) is 6.20 Å². The van der Waals surface area contributed by atoms with Crippen molar-refractivity contribution in [3.8, 4) is 0 Å². The molecule has 0 aliphatic carbocycles. The Morgan fingerprint density at radius 1 is 1.27 bits per heavy atom. The molecule has 1 heterocycles. The van der Waals surface area contributed by atoms with E-state index in [0.717, 1.165) is 16.3 Å². The van der Waals surface area contributed by atoms with Crippen LogP contribution in [0.3, 0.4) is 0 Å². The second-order valence-electron chi connectivity index (χ2n) is 4.09. The van der Waals surface area contributed by atoms with E-state index in [0.29, 0.717) is 5.92 Å². The first-order valence-corrected chi connectivity index (χ1v) is 5.19. The van der Waals surface area contributed by atoms with Crippen LogP contribution in [0.2, 0.25) is 0 Å². The lowest BCUT2D eigenvalue weighted by Crippen LogP contribution is -1.91. The van der Waals surface area contributed by atoms with Crippen LogP contribution in [-0.4, -0.2) is 10.1 Å². The largest absolute Gasteiger partial charge is 0.392 e. The van der Waals surface area contributed by atoms with Gasteiger partial charge < -0.3 is 5.11 Å². The zero-order valence-corrected chi connectivity index (χ0v) is 9.07. The van der Waals surface area contributed by atoms with Gasteiger partial charge in [0, 0.05) is 23.3 Å². The molecule has 0 aliphatic heterocycles. The van der Waals surface area contributed by atoms with Crippen LogP contribution in [0.4, 0.5) is 0 Å². The first-order chi connectivity index (χ1) is 7.22. The summed E-state index contributed by atoms with van der Waals surface area (Å²) in [5, 5.41) is 11.4. The van der Waals surface area contributed by atoms with Crippen molar-refractivity contribution >= 4 is 10.8 Å². The molecule has 0 atom stereocenters. The summed E-state index contributed by atoms with van der Waals surface area (Å²) in [5.41, 5.74) is 2.19. The summed E-state index contributed by atoms with van der Waals surface area (Å²) in [5.74, 6) is 0.508. The third-order valence-corrected chi connectivity index (χ3v) is 2.70. The van der Waals surface area contributed by atoms with E-state index < -0.39 is 0 Å². The Bertz CT molecular complexity index is 477. The predicted octanol–water partition coefficient (Wildman–Crippen LogP) is 2.85. The highest BCUT2D eigenvalue weighted by molar-refractivity contribution is 5.85. The lowest BCUT2D eigenvalue weighted by molar-refractivity contribution is 0.283. The fraction of sp³-hybridized carbons (Fsp3) is 0.308. The lowest BCUT2D eigenvalue weighted by atomic mass is 9.98. The molecule has 0 saturated carbocycles. The average molecular weight is 201 g/mol. The van der Waals surface area contributed by atoms with Crippen molar-refractivity contribution in [3.63, 3.8) is 0 Å². The van der Waals surface area contributed by atoms with Crippen molar-refractivity contribution in [2.24, 2.45) is 0 Å². The molecule has 0 unspecified atom stereocenters. The Kier molecular flexibility index (Phi) is 2.69. The van der Waals surface area contributed by atoms with Crippen LogP contribution in [0.15, 0.2) is 30.6 Å². The number of fused-ring (bicyclic) bond motifs is 1. The van der Waals surface area contributed by atoms with E-state index in [4.69, 9.17) is 0 Å². The predicted molar refractivity (Wildman–Crippen MR) is 61.8 cm³/mol. The number of aliphatic hydroxyl groups is 1. The third kappa shape index (κ3) is 1.85. The molecule has 78 valence electrons. The topological polar surface area (TPSA) is 33.1 Å². The normalized spacial score (nSPS) is 11.2. The second-order valence-corrected chi connectivity index (χ2v) is 4.09. The van der Waals surface area contributed by atoms with Crippen molar-refractivity contribution in [1.82, 2.24) is 4.98 Å². The van der Waals surface area contributed by atoms with Crippen molar-refractivity contribution < 1.29 is 5.11 Å². The van der Waals surface area contributed by atoms with Crippen LogP contribution >= 0.6 is 0 Å². The van der Waals surface area contributed by atoms with E-state index in [9.17, 15) is 5.11 Å². The lowest BCUT2D eigenvalue weighted by Gasteiger charge is -2.08. The molecule has 1 aromatic carbocycles. The van der Waals surface area contributed by atoms with Crippen molar-refractivity contribution in [3.05, 3.63) is 41.7 Å². The van der Waals surface area contributed by atoms with Gasteiger partial charge in [-0.1, -0.05) is 32.0 Å². The monoisotopic (exact) mass is 201 g/mol. The minimum atomic E-state index is 0.0475. The van der Waals surface area contributed by atoms with E-state index in [1.54, 1.807) is 6.20 Å². The van der Waals surface area contributed by atoms with Crippen LogP contribution in [0.25, 0.3) is 10.8 Å². The van der Waals surface area contributed by atoms with Gasteiger partial charge in [0.25, 0.3) is 0 Å². The van der Waals surface area contributed by atoms with Gasteiger partial charge in [-0.15, -0.1) is 0 Å². The van der Waals surface area contributed by atoms with E-state index in [2.05, 4.69) is 37.0 Å². The van der Waals surface area contributed by atoms with Crippen LogP contribution < -0.4 is 0 Å². The summed E-state index contributed by atoms with van der Waals surface area (Å²) in [7, 11) is 0. The summed E-state index contributed by atoms with van der Waals surface area (Å²) in [4.78, 5) is 4.10. The second kappa shape index (κ2) is 3.99. The zero-order chi connectivity index (χ0) is 10.8. The molecule has 2 aromatic rings. The van der Waals surface area contributed by atoms with Crippen molar-refractivity contribution in [2.45, 2.75) is 26.4 Å². The molecular formula is C13H15NO. The summed E-state index contributed by atoms with van der Waals surface area (Å²) in [6, 6.07) is 6.33. The Hall–Kier alpha value is -1.41. The number of pyridine rings is 1. The number of aromatic nitrogens is 1.